The molecule has 0 bridgehead atoms. The van der Waals surface area contributed by atoms with Gasteiger partial charge in [-0.1, -0.05) is 321 Å². The van der Waals surface area contributed by atoms with E-state index in [-0.39, 0.29) is 31.1 Å². The summed E-state index contributed by atoms with van der Waals surface area (Å²) >= 11 is 0. The van der Waals surface area contributed by atoms with Crippen molar-refractivity contribution in [3.05, 3.63) is 24.3 Å². The Morgan fingerprint density at radius 3 is 0.671 bits per heavy atom. The van der Waals surface area contributed by atoms with Gasteiger partial charge in [-0.3, -0.25) is 14.4 Å². The lowest BCUT2D eigenvalue weighted by atomic mass is 10.0. The third-order valence-corrected chi connectivity index (χ3v) is 15.7. The molecule has 0 radical (unpaired) electrons. The number of unbranched alkanes of at least 4 members (excludes halogenated alkanes) is 49. The number of esters is 3. The van der Waals surface area contributed by atoms with Crippen LogP contribution in [0.3, 0.4) is 0 Å². The predicted molar refractivity (Wildman–Crippen MR) is 330 cm³/mol. The monoisotopic (exact) mass is 1070 g/mol. The van der Waals surface area contributed by atoms with Crippen LogP contribution in [0.5, 0.6) is 0 Å². The third kappa shape index (κ3) is 62.7. The van der Waals surface area contributed by atoms with Gasteiger partial charge < -0.3 is 14.2 Å². The first kappa shape index (κ1) is 73.9. The van der Waals surface area contributed by atoms with Crippen LogP contribution in [0, 0.1) is 0 Å². The first-order chi connectivity index (χ1) is 37.5. The van der Waals surface area contributed by atoms with Crippen molar-refractivity contribution in [1.29, 1.82) is 0 Å². The Kier molecular flexibility index (Phi) is 63.6. The van der Waals surface area contributed by atoms with Crippen LogP contribution in [0.15, 0.2) is 24.3 Å². The number of hydrogen-bond donors (Lipinski definition) is 0. The van der Waals surface area contributed by atoms with Crippen LogP contribution < -0.4 is 0 Å². The zero-order valence-electron chi connectivity index (χ0n) is 51.6. The summed E-state index contributed by atoms with van der Waals surface area (Å²) in [4.78, 5) is 38.4. The Hall–Kier alpha value is -2.11. The topological polar surface area (TPSA) is 78.9 Å². The SMILES string of the molecule is CCCCCC/C=C\CCCCCCCC(=O)OCC(COC(=O)CCCCCCCCCCCCCCCCCCCCCCCCCC)OC(=O)CCCCCCCCCCC/C=C\CCCCCCCCCC. The maximum Gasteiger partial charge on any atom is 0.306 e. The lowest BCUT2D eigenvalue weighted by Crippen LogP contribution is -2.30. The van der Waals surface area contributed by atoms with Gasteiger partial charge in [0.1, 0.15) is 13.2 Å². The van der Waals surface area contributed by atoms with E-state index in [1.54, 1.807) is 0 Å². The van der Waals surface area contributed by atoms with Crippen molar-refractivity contribution in [2.75, 3.05) is 13.2 Å². The molecule has 0 aromatic carbocycles. The minimum atomic E-state index is -0.773. The van der Waals surface area contributed by atoms with Gasteiger partial charge in [-0.15, -0.1) is 0 Å². The molecule has 0 spiro atoms. The highest BCUT2D eigenvalue weighted by Crippen LogP contribution is 2.18. The van der Waals surface area contributed by atoms with E-state index in [0.29, 0.717) is 19.3 Å². The van der Waals surface area contributed by atoms with E-state index in [2.05, 4.69) is 45.1 Å². The van der Waals surface area contributed by atoms with Crippen LogP contribution in [0.1, 0.15) is 387 Å². The first-order valence-electron chi connectivity index (χ1n) is 34.3. The number of hydrogen-bond acceptors (Lipinski definition) is 6. The van der Waals surface area contributed by atoms with Crippen LogP contribution >= 0.6 is 0 Å². The molecular formula is C70H132O6. The van der Waals surface area contributed by atoms with Crippen LogP contribution in [-0.2, 0) is 28.6 Å². The highest BCUT2D eigenvalue weighted by Gasteiger charge is 2.19. The molecule has 0 amide bonds. The van der Waals surface area contributed by atoms with Crippen molar-refractivity contribution in [2.24, 2.45) is 0 Å². The summed E-state index contributed by atoms with van der Waals surface area (Å²) in [5, 5.41) is 0. The molecule has 76 heavy (non-hydrogen) atoms. The molecule has 0 aliphatic rings. The second kappa shape index (κ2) is 65.4. The number of carbonyl (C=O) groups is 3. The molecule has 0 saturated heterocycles. The van der Waals surface area contributed by atoms with Gasteiger partial charge >= 0.3 is 17.9 Å². The van der Waals surface area contributed by atoms with E-state index in [1.165, 1.54) is 283 Å². The summed E-state index contributed by atoms with van der Waals surface area (Å²) < 4.78 is 17.0. The standard InChI is InChI=1S/C70H132O6/c1-4-7-10-13-16-19-22-25-27-29-31-33-34-35-37-38-40-42-45-48-51-54-57-60-63-69(72)75-66-67(65-74-68(71)62-59-56-53-50-47-44-24-21-18-15-12-9-6-3)76-70(73)64-61-58-55-52-49-46-43-41-39-36-32-30-28-26-23-20-17-14-11-8-5-2/h21,24,30,32,67H,4-20,22-23,25-29,31,33-66H2,1-3H3/b24-21-,32-30-. The summed E-state index contributed by atoms with van der Waals surface area (Å²) in [6.07, 6.45) is 79.2. The van der Waals surface area contributed by atoms with Gasteiger partial charge in [-0.05, 0) is 70.6 Å². The fourth-order valence-corrected chi connectivity index (χ4v) is 10.5. The van der Waals surface area contributed by atoms with Crippen LogP contribution in [-0.4, -0.2) is 37.2 Å². The van der Waals surface area contributed by atoms with E-state index >= 15 is 0 Å². The lowest BCUT2D eigenvalue weighted by Gasteiger charge is -2.18. The van der Waals surface area contributed by atoms with Crippen LogP contribution in [0.25, 0.3) is 0 Å². The normalized spacial score (nSPS) is 12.1. The molecule has 0 saturated carbocycles. The number of ether oxygens (including phenoxy) is 3. The molecule has 6 heteroatoms. The maximum absolute atomic E-state index is 12.9. The third-order valence-electron chi connectivity index (χ3n) is 15.7. The molecular weight excluding hydrogens is 937 g/mol. The molecule has 1 atom stereocenters. The van der Waals surface area contributed by atoms with Crippen molar-refractivity contribution >= 4 is 17.9 Å². The molecule has 1 unspecified atom stereocenters. The first-order valence-corrected chi connectivity index (χ1v) is 34.3. The van der Waals surface area contributed by atoms with E-state index in [9.17, 15) is 14.4 Å². The Morgan fingerprint density at radius 1 is 0.250 bits per heavy atom. The number of carbonyl (C=O) groups excluding carboxylic acids is 3. The van der Waals surface area contributed by atoms with E-state index < -0.39 is 6.10 Å². The van der Waals surface area contributed by atoms with Crippen molar-refractivity contribution in [2.45, 2.75) is 393 Å². The summed E-state index contributed by atoms with van der Waals surface area (Å²) in [6.45, 7) is 6.69. The smallest absolute Gasteiger partial charge is 0.306 e. The molecule has 448 valence electrons. The van der Waals surface area contributed by atoms with Gasteiger partial charge in [0.25, 0.3) is 0 Å². The molecule has 0 aliphatic heterocycles. The Bertz CT molecular complexity index is 1230. The van der Waals surface area contributed by atoms with Crippen molar-refractivity contribution in [3.63, 3.8) is 0 Å². The summed E-state index contributed by atoms with van der Waals surface area (Å²) in [7, 11) is 0. The second-order valence-electron chi connectivity index (χ2n) is 23.4. The Balaban J connectivity index is 4.24. The molecule has 0 fully saturated rings. The van der Waals surface area contributed by atoms with E-state index in [0.717, 1.165) is 64.2 Å². The highest BCUT2D eigenvalue weighted by atomic mass is 16.6. The second-order valence-corrected chi connectivity index (χ2v) is 23.4. The molecule has 0 heterocycles. The quantitative estimate of drug-likeness (QED) is 0.0261. The molecule has 0 aliphatic carbocycles. The van der Waals surface area contributed by atoms with Crippen molar-refractivity contribution in [1.82, 2.24) is 0 Å². The maximum atomic E-state index is 12.9. The van der Waals surface area contributed by atoms with E-state index in [1.807, 2.05) is 0 Å². The minimum Gasteiger partial charge on any atom is -0.462 e. The van der Waals surface area contributed by atoms with Gasteiger partial charge in [-0.2, -0.15) is 0 Å². The molecule has 0 rings (SSSR count). The largest absolute Gasteiger partial charge is 0.462 e. The van der Waals surface area contributed by atoms with Gasteiger partial charge in [0.05, 0.1) is 0 Å². The highest BCUT2D eigenvalue weighted by molar-refractivity contribution is 5.71. The molecule has 6 nitrogen and oxygen atoms in total. The zero-order chi connectivity index (χ0) is 55.0. The zero-order valence-corrected chi connectivity index (χ0v) is 51.6. The van der Waals surface area contributed by atoms with Gasteiger partial charge in [-0.25, -0.2) is 0 Å². The predicted octanol–water partition coefficient (Wildman–Crippen LogP) is 23.4. The molecule has 0 aromatic rings. The van der Waals surface area contributed by atoms with Gasteiger partial charge in [0, 0.05) is 19.3 Å². The summed E-state index contributed by atoms with van der Waals surface area (Å²) in [5.74, 6) is -0.852. The van der Waals surface area contributed by atoms with Crippen LogP contribution in [0.4, 0.5) is 0 Å². The summed E-state index contributed by atoms with van der Waals surface area (Å²) in [5.41, 5.74) is 0. The van der Waals surface area contributed by atoms with Crippen molar-refractivity contribution in [3.8, 4) is 0 Å². The fourth-order valence-electron chi connectivity index (χ4n) is 10.5. The molecule has 0 aromatic heterocycles. The van der Waals surface area contributed by atoms with Gasteiger partial charge in [0.15, 0.2) is 6.10 Å². The fraction of sp³-hybridized carbons (Fsp3) is 0.900. The van der Waals surface area contributed by atoms with Crippen molar-refractivity contribution < 1.29 is 28.6 Å². The van der Waals surface area contributed by atoms with Crippen LogP contribution in [0.2, 0.25) is 0 Å². The lowest BCUT2D eigenvalue weighted by molar-refractivity contribution is -0.167. The average Bonchev–Trinajstić information content (AvgIpc) is 3.42. The van der Waals surface area contributed by atoms with E-state index in [4.69, 9.17) is 14.2 Å². The molecule has 0 N–H and O–H groups in total. The average molecular weight is 1070 g/mol. The Labute approximate surface area is 474 Å². The van der Waals surface area contributed by atoms with Gasteiger partial charge in [0.2, 0.25) is 0 Å². The number of rotatable bonds is 64. The Morgan fingerprint density at radius 2 is 0.434 bits per heavy atom. The summed E-state index contributed by atoms with van der Waals surface area (Å²) in [6, 6.07) is 0. The number of allylic oxidation sites excluding steroid dienone is 4. The minimum absolute atomic E-state index is 0.0694.